The van der Waals surface area contributed by atoms with Gasteiger partial charge < -0.3 is 9.47 Å². The zero-order valence-corrected chi connectivity index (χ0v) is 8.99. The van der Waals surface area contributed by atoms with Crippen LogP contribution in [0.5, 0.6) is 5.75 Å². The average molecular weight is 257 g/mol. The summed E-state index contributed by atoms with van der Waals surface area (Å²) in [5.41, 5.74) is 0. The molecule has 0 radical (unpaired) electrons. The number of hydrogen-bond donors (Lipinski definition) is 0. The van der Waals surface area contributed by atoms with Crippen LogP contribution in [-0.4, -0.2) is 12.8 Å². The monoisotopic (exact) mass is 256 g/mol. The fourth-order valence-corrected chi connectivity index (χ4v) is 1.14. The molecule has 4 heteroatoms. The predicted molar refractivity (Wildman–Crippen MR) is 56.3 cm³/mol. The van der Waals surface area contributed by atoms with Gasteiger partial charge in [-0.3, -0.25) is 0 Å². The largest absolute Gasteiger partial charge is 0.514 e. The highest BCUT2D eigenvalue weighted by Gasteiger charge is 2.06. The first-order chi connectivity index (χ1) is 6.74. The van der Waals surface area contributed by atoms with Gasteiger partial charge in [0.05, 0.1) is 4.47 Å². The van der Waals surface area contributed by atoms with Gasteiger partial charge in [-0.25, -0.2) is 4.79 Å². The van der Waals surface area contributed by atoms with Crippen molar-refractivity contribution in [2.24, 2.45) is 0 Å². The van der Waals surface area contributed by atoms with E-state index < -0.39 is 6.16 Å². The first-order valence-corrected chi connectivity index (χ1v) is 4.73. The van der Waals surface area contributed by atoms with Gasteiger partial charge in [-0.1, -0.05) is 24.8 Å². The molecule has 0 N–H and O–H groups in total. The highest BCUT2D eigenvalue weighted by atomic mass is 79.9. The normalized spacial score (nSPS) is 9.21. The molecular weight excluding hydrogens is 248 g/mol. The number of benzene rings is 1. The Hall–Kier alpha value is -1.29. The van der Waals surface area contributed by atoms with E-state index in [9.17, 15) is 4.79 Å². The molecule has 1 aromatic carbocycles. The number of rotatable bonds is 3. The summed E-state index contributed by atoms with van der Waals surface area (Å²) in [6.07, 6.45) is 0.734. The predicted octanol–water partition coefficient (Wildman–Crippen LogP) is 3.15. The molecule has 1 rings (SSSR count). The summed E-state index contributed by atoms with van der Waals surface area (Å²) in [6, 6.07) is 7.03. The van der Waals surface area contributed by atoms with Gasteiger partial charge in [-0.15, -0.1) is 0 Å². The molecule has 1 aromatic rings. The van der Waals surface area contributed by atoms with Crippen LogP contribution in [0.15, 0.2) is 41.4 Å². The van der Waals surface area contributed by atoms with Crippen molar-refractivity contribution in [3.05, 3.63) is 41.4 Å². The topological polar surface area (TPSA) is 35.5 Å². The molecule has 74 valence electrons. The van der Waals surface area contributed by atoms with Crippen molar-refractivity contribution in [2.75, 3.05) is 6.61 Å². The van der Waals surface area contributed by atoms with Gasteiger partial charge in [0.1, 0.15) is 12.4 Å². The van der Waals surface area contributed by atoms with Crippen molar-refractivity contribution in [3.8, 4) is 5.75 Å². The maximum atomic E-state index is 11.0. The lowest BCUT2D eigenvalue weighted by molar-refractivity contribution is 0.109. The Morgan fingerprint density at radius 3 is 2.86 bits per heavy atom. The molecule has 0 saturated heterocycles. The maximum absolute atomic E-state index is 11.0. The van der Waals surface area contributed by atoms with Crippen molar-refractivity contribution >= 4 is 22.1 Å². The van der Waals surface area contributed by atoms with Crippen LogP contribution in [0.3, 0.4) is 0 Å². The molecule has 0 spiro atoms. The van der Waals surface area contributed by atoms with Gasteiger partial charge in [0.15, 0.2) is 0 Å². The number of para-hydroxylation sites is 1. The van der Waals surface area contributed by atoms with E-state index in [0.29, 0.717) is 10.2 Å². The summed E-state index contributed by atoms with van der Waals surface area (Å²) in [4.78, 5) is 11.0. The van der Waals surface area contributed by atoms with Gasteiger partial charge in [0.25, 0.3) is 0 Å². The summed E-state index contributed by atoms with van der Waals surface area (Å²) >= 11 is 3.24. The van der Waals surface area contributed by atoms with Crippen LogP contribution in [-0.2, 0) is 4.74 Å². The number of carbonyl (C=O) groups excluding carboxylic acids is 1. The first kappa shape index (κ1) is 10.8. The summed E-state index contributed by atoms with van der Waals surface area (Å²) < 4.78 is 10.2. The molecular formula is C10H9BrO3. The Labute approximate surface area is 90.5 Å². The van der Waals surface area contributed by atoms with E-state index in [1.54, 1.807) is 18.2 Å². The van der Waals surface area contributed by atoms with Crippen LogP contribution in [0.1, 0.15) is 0 Å². The van der Waals surface area contributed by atoms with Crippen molar-refractivity contribution in [2.45, 2.75) is 0 Å². The molecule has 0 heterocycles. The maximum Gasteiger partial charge on any atom is 0.514 e. The molecule has 0 aliphatic heterocycles. The third-order valence-electron chi connectivity index (χ3n) is 1.35. The molecule has 0 saturated carbocycles. The highest BCUT2D eigenvalue weighted by Crippen LogP contribution is 2.23. The summed E-state index contributed by atoms with van der Waals surface area (Å²) in [7, 11) is 0. The van der Waals surface area contributed by atoms with Crippen molar-refractivity contribution in [1.82, 2.24) is 0 Å². The molecule has 3 nitrogen and oxygen atoms in total. The van der Waals surface area contributed by atoms with Gasteiger partial charge in [0.2, 0.25) is 0 Å². The summed E-state index contributed by atoms with van der Waals surface area (Å²) in [5.74, 6) is 0.432. The van der Waals surface area contributed by atoms with E-state index in [4.69, 9.17) is 4.74 Å². The Morgan fingerprint density at radius 2 is 2.21 bits per heavy atom. The molecule has 0 aliphatic rings. The quantitative estimate of drug-likeness (QED) is 0.474. The van der Waals surface area contributed by atoms with E-state index in [1.165, 1.54) is 6.08 Å². The molecule has 0 amide bonds. The van der Waals surface area contributed by atoms with Crippen LogP contribution < -0.4 is 4.74 Å². The third-order valence-corrected chi connectivity index (χ3v) is 2.00. The SMILES string of the molecule is C=CCOC(=O)Oc1ccccc1Br. The van der Waals surface area contributed by atoms with Gasteiger partial charge >= 0.3 is 6.16 Å². The van der Waals surface area contributed by atoms with E-state index in [0.717, 1.165) is 0 Å². The average Bonchev–Trinajstić information content (AvgIpc) is 2.18. The number of halogens is 1. The van der Waals surface area contributed by atoms with Crippen LogP contribution in [0.4, 0.5) is 4.79 Å². The minimum absolute atomic E-state index is 0.142. The third kappa shape index (κ3) is 3.22. The lowest BCUT2D eigenvalue weighted by atomic mass is 10.3. The number of ether oxygens (including phenoxy) is 2. The number of carbonyl (C=O) groups is 1. The fraction of sp³-hybridized carbons (Fsp3) is 0.100. The molecule has 0 atom stereocenters. The van der Waals surface area contributed by atoms with Crippen molar-refractivity contribution in [3.63, 3.8) is 0 Å². The van der Waals surface area contributed by atoms with Crippen molar-refractivity contribution in [1.29, 1.82) is 0 Å². The van der Waals surface area contributed by atoms with E-state index >= 15 is 0 Å². The first-order valence-electron chi connectivity index (χ1n) is 3.94. The lowest BCUT2D eigenvalue weighted by Crippen LogP contribution is -2.10. The molecule has 0 aliphatic carbocycles. The van der Waals surface area contributed by atoms with Gasteiger partial charge in [0, 0.05) is 0 Å². The molecule has 0 aromatic heterocycles. The minimum Gasteiger partial charge on any atom is -0.430 e. The minimum atomic E-state index is -0.739. The van der Waals surface area contributed by atoms with Crippen LogP contribution in [0.2, 0.25) is 0 Å². The molecule has 0 fully saturated rings. The van der Waals surface area contributed by atoms with Gasteiger partial charge in [-0.2, -0.15) is 0 Å². The van der Waals surface area contributed by atoms with E-state index in [1.807, 2.05) is 6.07 Å². The Bertz CT molecular complexity index is 336. The summed E-state index contributed by atoms with van der Waals surface area (Å²) in [5, 5.41) is 0. The standard InChI is InChI=1S/C10H9BrO3/c1-2-7-13-10(12)14-9-6-4-3-5-8(9)11/h2-6H,1,7H2. The highest BCUT2D eigenvalue weighted by molar-refractivity contribution is 9.10. The van der Waals surface area contributed by atoms with Crippen LogP contribution >= 0.6 is 15.9 Å². The second-order valence-electron chi connectivity index (χ2n) is 2.38. The molecule has 0 bridgehead atoms. The summed E-state index contributed by atoms with van der Waals surface area (Å²) in [6.45, 7) is 3.56. The zero-order valence-electron chi connectivity index (χ0n) is 7.40. The Morgan fingerprint density at radius 1 is 1.50 bits per heavy atom. The second-order valence-corrected chi connectivity index (χ2v) is 3.24. The van der Waals surface area contributed by atoms with Crippen LogP contribution in [0.25, 0.3) is 0 Å². The molecule has 0 unspecified atom stereocenters. The Balaban J connectivity index is 2.56. The zero-order chi connectivity index (χ0) is 10.4. The van der Waals surface area contributed by atoms with E-state index in [2.05, 4.69) is 27.2 Å². The Kier molecular flexibility index (Phi) is 4.19. The molecule has 14 heavy (non-hydrogen) atoms. The van der Waals surface area contributed by atoms with E-state index in [-0.39, 0.29) is 6.61 Å². The number of hydrogen-bond acceptors (Lipinski definition) is 3. The van der Waals surface area contributed by atoms with Crippen LogP contribution in [0, 0.1) is 0 Å². The smallest absolute Gasteiger partial charge is 0.430 e. The van der Waals surface area contributed by atoms with Gasteiger partial charge in [-0.05, 0) is 28.1 Å². The van der Waals surface area contributed by atoms with Crippen molar-refractivity contribution < 1.29 is 14.3 Å². The fourth-order valence-electron chi connectivity index (χ4n) is 0.774. The lowest BCUT2D eigenvalue weighted by Gasteiger charge is -2.04. The second kappa shape index (κ2) is 5.44.